The minimum absolute atomic E-state index is 0.142. The number of nitrogens with zero attached hydrogens (tertiary/aromatic N) is 1. The Kier molecular flexibility index (Phi) is 4.00. The van der Waals surface area contributed by atoms with E-state index in [0.29, 0.717) is 18.5 Å². The standard InChI is InChI=1S/C18H17FNO/c19-18(15-9-5-2-6-10-15)20-12-11-16(13-17(20)21)14-7-3-1-4-8-14/h1-10,18H,11-13H2. The number of likely N-dealkylation sites (tertiary alicyclic amines) is 1. The molecule has 1 saturated heterocycles. The quantitative estimate of drug-likeness (QED) is 0.782. The second-order valence-electron chi connectivity index (χ2n) is 5.23. The minimum Gasteiger partial charge on any atom is -0.309 e. The highest BCUT2D eigenvalue weighted by Gasteiger charge is 2.32. The van der Waals surface area contributed by atoms with Crippen LogP contribution in [-0.4, -0.2) is 17.4 Å². The van der Waals surface area contributed by atoms with Crippen LogP contribution in [0.4, 0.5) is 4.39 Å². The van der Waals surface area contributed by atoms with Crippen molar-refractivity contribution in [1.29, 1.82) is 0 Å². The van der Waals surface area contributed by atoms with Crippen molar-refractivity contribution < 1.29 is 9.18 Å². The SMILES string of the molecule is O=C1C[C](c2ccccc2)CCN1C(F)c1ccccc1. The lowest BCUT2D eigenvalue weighted by atomic mass is 9.89. The van der Waals surface area contributed by atoms with E-state index in [2.05, 4.69) is 0 Å². The van der Waals surface area contributed by atoms with Crippen LogP contribution in [0.3, 0.4) is 0 Å². The maximum absolute atomic E-state index is 14.5. The molecule has 0 aliphatic carbocycles. The number of carbonyl (C=O) groups excluding carboxylic acids is 1. The molecule has 2 aromatic carbocycles. The fourth-order valence-electron chi connectivity index (χ4n) is 2.70. The van der Waals surface area contributed by atoms with Crippen molar-refractivity contribution in [3.05, 3.63) is 77.7 Å². The van der Waals surface area contributed by atoms with Crippen LogP contribution in [0.2, 0.25) is 0 Å². The van der Waals surface area contributed by atoms with E-state index in [1.54, 1.807) is 24.3 Å². The molecular formula is C18H17FNO. The van der Waals surface area contributed by atoms with E-state index < -0.39 is 6.30 Å². The summed E-state index contributed by atoms with van der Waals surface area (Å²) in [5.74, 6) is 0.952. The molecule has 0 spiro atoms. The zero-order valence-electron chi connectivity index (χ0n) is 11.7. The molecule has 1 atom stereocenters. The number of carbonyl (C=O) groups is 1. The molecule has 2 nitrogen and oxygen atoms in total. The van der Waals surface area contributed by atoms with Crippen molar-refractivity contribution >= 4 is 5.91 Å². The Morgan fingerprint density at radius 2 is 1.57 bits per heavy atom. The smallest absolute Gasteiger partial charge is 0.226 e. The van der Waals surface area contributed by atoms with Gasteiger partial charge in [-0.05, 0) is 12.0 Å². The Labute approximate surface area is 124 Å². The maximum Gasteiger partial charge on any atom is 0.226 e. The Balaban J connectivity index is 1.70. The van der Waals surface area contributed by atoms with E-state index in [-0.39, 0.29) is 5.91 Å². The number of hydrogen-bond acceptors (Lipinski definition) is 1. The summed E-state index contributed by atoms with van der Waals surface area (Å²) in [6.45, 7) is 0.430. The fraction of sp³-hybridized carbons (Fsp3) is 0.222. The summed E-state index contributed by atoms with van der Waals surface area (Å²) in [7, 11) is 0. The molecule has 107 valence electrons. The van der Waals surface area contributed by atoms with Gasteiger partial charge in [0.15, 0.2) is 0 Å². The topological polar surface area (TPSA) is 20.3 Å². The number of hydrogen-bond donors (Lipinski definition) is 0. The molecule has 1 aliphatic rings. The lowest BCUT2D eigenvalue weighted by Crippen LogP contribution is -2.39. The second-order valence-corrected chi connectivity index (χ2v) is 5.23. The largest absolute Gasteiger partial charge is 0.309 e. The first-order chi connectivity index (χ1) is 10.3. The lowest BCUT2D eigenvalue weighted by molar-refractivity contribution is -0.138. The first-order valence-electron chi connectivity index (χ1n) is 7.14. The third kappa shape index (κ3) is 2.97. The van der Waals surface area contributed by atoms with Crippen LogP contribution in [0.1, 0.15) is 30.3 Å². The Morgan fingerprint density at radius 1 is 0.952 bits per heavy atom. The molecule has 1 heterocycles. The van der Waals surface area contributed by atoms with Gasteiger partial charge in [-0.25, -0.2) is 4.39 Å². The molecular weight excluding hydrogens is 265 g/mol. The van der Waals surface area contributed by atoms with Gasteiger partial charge >= 0.3 is 0 Å². The molecule has 0 aromatic heterocycles. The summed E-state index contributed by atoms with van der Waals surface area (Å²) >= 11 is 0. The molecule has 3 heteroatoms. The average Bonchev–Trinajstić information content (AvgIpc) is 2.56. The summed E-state index contributed by atoms with van der Waals surface area (Å²) in [4.78, 5) is 13.6. The molecule has 0 bridgehead atoms. The predicted octanol–water partition coefficient (Wildman–Crippen LogP) is 3.90. The van der Waals surface area contributed by atoms with Gasteiger partial charge in [0.05, 0.1) is 0 Å². The van der Waals surface area contributed by atoms with Crippen LogP contribution >= 0.6 is 0 Å². The van der Waals surface area contributed by atoms with Gasteiger partial charge in [-0.2, -0.15) is 0 Å². The van der Waals surface area contributed by atoms with Crippen LogP contribution in [0.15, 0.2) is 60.7 Å². The second kappa shape index (κ2) is 6.08. The summed E-state index contributed by atoms with van der Waals surface area (Å²) in [6.07, 6.45) is -0.323. The predicted molar refractivity (Wildman–Crippen MR) is 80.0 cm³/mol. The summed E-state index contributed by atoms with van der Waals surface area (Å²) in [5.41, 5.74) is 1.62. The van der Waals surface area contributed by atoms with Gasteiger partial charge in [-0.1, -0.05) is 60.7 Å². The molecule has 3 rings (SSSR count). The fourth-order valence-corrected chi connectivity index (χ4v) is 2.70. The normalized spacial score (nSPS) is 17.8. The van der Waals surface area contributed by atoms with Gasteiger partial charge in [0.1, 0.15) is 0 Å². The van der Waals surface area contributed by atoms with Gasteiger partial charge in [0.25, 0.3) is 0 Å². The van der Waals surface area contributed by atoms with E-state index in [1.165, 1.54) is 4.90 Å². The van der Waals surface area contributed by atoms with Crippen LogP contribution in [0.5, 0.6) is 0 Å². The van der Waals surface area contributed by atoms with E-state index in [4.69, 9.17) is 0 Å². The number of alkyl halides is 1. The monoisotopic (exact) mass is 282 g/mol. The summed E-state index contributed by atoms with van der Waals surface area (Å²) in [5, 5.41) is 0. The highest BCUT2D eigenvalue weighted by molar-refractivity contribution is 5.80. The molecule has 1 unspecified atom stereocenters. The van der Waals surface area contributed by atoms with E-state index in [1.807, 2.05) is 36.4 Å². The Morgan fingerprint density at radius 3 is 2.19 bits per heavy atom. The molecule has 21 heavy (non-hydrogen) atoms. The van der Waals surface area contributed by atoms with Crippen molar-refractivity contribution in [2.24, 2.45) is 0 Å². The average molecular weight is 282 g/mol. The van der Waals surface area contributed by atoms with Crippen LogP contribution in [-0.2, 0) is 4.79 Å². The number of rotatable bonds is 3. The number of piperidine rings is 1. The van der Waals surface area contributed by atoms with Crippen molar-refractivity contribution in [1.82, 2.24) is 4.90 Å². The van der Waals surface area contributed by atoms with Crippen LogP contribution in [0, 0.1) is 5.92 Å². The van der Waals surface area contributed by atoms with Crippen molar-refractivity contribution in [3.8, 4) is 0 Å². The number of halogens is 1. The van der Waals surface area contributed by atoms with E-state index in [0.717, 1.165) is 17.9 Å². The molecule has 0 N–H and O–H groups in total. The molecule has 1 radical (unpaired) electrons. The number of benzene rings is 2. The van der Waals surface area contributed by atoms with Gasteiger partial charge in [-0.15, -0.1) is 0 Å². The highest BCUT2D eigenvalue weighted by atomic mass is 19.1. The number of amides is 1. The van der Waals surface area contributed by atoms with Gasteiger partial charge < -0.3 is 4.90 Å². The minimum atomic E-state index is -1.35. The Bertz CT molecular complexity index is 599. The van der Waals surface area contributed by atoms with Gasteiger partial charge in [0.2, 0.25) is 12.2 Å². The van der Waals surface area contributed by atoms with Gasteiger partial charge in [0, 0.05) is 24.4 Å². The maximum atomic E-state index is 14.5. The van der Waals surface area contributed by atoms with Gasteiger partial charge in [-0.3, -0.25) is 4.79 Å². The highest BCUT2D eigenvalue weighted by Crippen LogP contribution is 2.32. The zero-order valence-corrected chi connectivity index (χ0v) is 11.7. The molecule has 2 aromatic rings. The molecule has 0 saturated carbocycles. The Hall–Kier alpha value is -2.16. The van der Waals surface area contributed by atoms with Crippen LogP contribution in [0.25, 0.3) is 0 Å². The third-order valence-corrected chi connectivity index (χ3v) is 3.87. The summed E-state index contributed by atoms with van der Waals surface area (Å²) < 4.78 is 14.5. The molecule has 1 fully saturated rings. The van der Waals surface area contributed by atoms with Crippen molar-refractivity contribution in [2.75, 3.05) is 6.54 Å². The molecule has 1 aliphatic heterocycles. The molecule has 1 amide bonds. The van der Waals surface area contributed by atoms with E-state index >= 15 is 0 Å². The first kappa shape index (κ1) is 13.8. The zero-order chi connectivity index (χ0) is 14.7. The van der Waals surface area contributed by atoms with Crippen molar-refractivity contribution in [3.63, 3.8) is 0 Å². The summed E-state index contributed by atoms with van der Waals surface area (Å²) in [6, 6.07) is 18.7. The van der Waals surface area contributed by atoms with E-state index in [9.17, 15) is 9.18 Å². The third-order valence-electron chi connectivity index (χ3n) is 3.87. The van der Waals surface area contributed by atoms with Crippen LogP contribution < -0.4 is 0 Å². The van der Waals surface area contributed by atoms with Crippen molar-refractivity contribution in [2.45, 2.75) is 19.1 Å². The lowest BCUT2D eigenvalue weighted by Gasteiger charge is -2.33. The first-order valence-corrected chi connectivity index (χ1v) is 7.14.